The van der Waals surface area contributed by atoms with Crippen molar-refractivity contribution in [1.82, 2.24) is 9.88 Å². The van der Waals surface area contributed by atoms with Gasteiger partial charge in [0.05, 0.1) is 16.7 Å². The van der Waals surface area contributed by atoms with Gasteiger partial charge < -0.3 is 9.88 Å². The quantitative estimate of drug-likeness (QED) is 0.501. The van der Waals surface area contributed by atoms with E-state index in [2.05, 4.69) is 11.2 Å². The number of hydrogen-bond donors (Lipinski definition) is 1. The third-order valence-corrected chi connectivity index (χ3v) is 2.58. The number of nitrogens with zero attached hydrogens (tertiary/aromatic N) is 2. The molecule has 0 spiro atoms. The summed E-state index contributed by atoms with van der Waals surface area (Å²) in [4.78, 5) is 22.3. The van der Waals surface area contributed by atoms with Crippen LogP contribution in [0.15, 0.2) is 12.3 Å². The molecule has 1 aromatic rings. The molecule has 0 saturated carbocycles. The second-order valence-corrected chi connectivity index (χ2v) is 4.76. The van der Waals surface area contributed by atoms with Gasteiger partial charge in [0.25, 0.3) is 11.6 Å². The van der Waals surface area contributed by atoms with Crippen molar-refractivity contribution in [2.45, 2.75) is 39.3 Å². The van der Waals surface area contributed by atoms with E-state index in [0.29, 0.717) is 6.54 Å². The van der Waals surface area contributed by atoms with Crippen molar-refractivity contribution >= 4 is 11.6 Å². The Balaban J connectivity index is 3.08. The molecule has 1 N–H and O–H groups in total. The van der Waals surface area contributed by atoms with Gasteiger partial charge in [-0.15, -0.1) is 6.42 Å². The summed E-state index contributed by atoms with van der Waals surface area (Å²) in [6, 6.07) is 1.26. The molecule has 0 saturated heterocycles. The number of carbonyl (C=O) groups is 1. The Labute approximate surface area is 111 Å². The fraction of sp³-hybridized carbons (Fsp3) is 0.462. The third kappa shape index (κ3) is 3.58. The van der Waals surface area contributed by atoms with Gasteiger partial charge in [-0.05, 0) is 20.3 Å². The molecule has 0 aliphatic rings. The van der Waals surface area contributed by atoms with E-state index in [1.165, 1.54) is 12.3 Å². The summed E-state index contributed by atoms with van der Waals surface area (Å²) in [5, 5.41) is 13.4. The van der Waals surface area contributed by atoms with Gasteiger partial charge in [0, 0.05) is 12.6 Å². The Morgan fingerprint density at radius 1 is 1.63 bits per heavy atom. The highest BCUT2D eigenvalue weighted by atomic mass is 16.6. The van der Waals surface area contributed by atoms with Crippen LogP contribution in [0.4, 0.5) is 5.69 Å². The topological polar surface area (TPSA) is 77.2 Å². The van der Waals surface area contributed by atoms with Crippen LogP contribution in [0.5, 0.6) is 0 Å². The van der Waals surface area contributed by atoms with Crippen molar-refractivity contribution in [1.29, 1.82) is 0 Å². The van der Waals surface area contributed by atoms with Crippen molar-refractivity contribution in [2.75, 3.05) is 0 Å². The van der Waals surface area contributed by atoms with Gasteiger partial charge in [0.15, 0.2) is 0 Å². The molecule has 1 rings (SSSR count). The van der Waals surface area contributed by atoms with E-state index in [1.807, 2.05) is 6.92 Å². The summed E-state index contributed by atoms with van der Waals surface area (Å²) in [5.41, 5.74) is -0.651. The zero-order valence-corrected chi connectivity index (χ0v) is 11.3. The molecule has 19 heavy (non-hydrogen) atoms. The molecular formula is C13H17N3O3. The van der Waals surface area contributed by atoms with E-state index in [4.69, 9.17) is 6.42 Å². The van der Waals surface area contributed by atoms with Crippen LogP contribution in [0.1, 0.15) is 37.7 Å². The number of aromatic nitrogens is 1. The first-order chi connectivity index (χ1) is 8.80. The van der Waals surface area contributed by atoms with Crippen LogP contribution in [0, 0.1) is 22.5 Å². The van der Waals surface area contributed by atoms with E-state index in [9.17, 15) is 14.9 Å². The minimum Gasteiger partial charge on any atom is -0.337 e. The van der Waals surface area contributed by atoms with Crippen LogP contribution in [0.25, 0.3) is 0 Å². The molecule has 0 radical (unpaired) electrons. The van der Waals surface area contributed by atoms with Crippen molar-refractivity contribution in [3.8, 4) is 12.3 Å². The predicted octanol–water partition coefficient (Wildman–Crippen LogP) is 1.95. The zero-order chi connectivity index (χ0) is 14.6. The molecule has 0 aromatic carbocycles. The van der Waals surface area contributed by atoms with Crippen molar-refractivity contribution in [3.63, 3.8) is 0 Å². The molecule has 0 bridgehead atoms. The maximum Gasteiger partial charge on any atom is 0.287 e. The van der Waals surface area contributed by atoms with E-state index >= 15 is 0 Å². The summed E-state index contributed by atoms with van der Waals surface area (Å²) < 4.78 is 1.57. The molecule has 0 atom stereocenters. The first-order valence-corrected chi connectivity index (χ1v) is 5.95. The molecule has 6 heteroatoms. The smallest absolute Gasteiger partial charge is 0.287 e. The highest BCUT2D eigenvalue weighted by Crippen LogP contribution is 2.17. The number of nitrogens with one attached hydrogen (secondary N) is 1. The standard InChI is InChI=1S/C13H17N3O3/c1-5-7-15-9-10(16(18)19)8-11(15)12(17)14-13(3,4)6-2/h2,8-9H,5,7H2,1,3-4H3,(H,14,17). The van der Waals surface area contributed by atoms with Gasteiger partial charge >= 0.3 is 0 Å². The maximum absolute atomic E-state index is 12.1. The second-order valence-electron chi connectivity index (χ2n) is 4.76. The number of rotatable bonds is 5. The van der Waals surface area contributed by atoms with Gasteiger partial charge in [-0.2, -0.15) is 0 Å². The Morgan fingerprint density at radius 2 is 2.26 bits per heavy atom. The normalized spacial score (nSPS) is 10.8. The molecular weight excluding hydrogens is 246 g/mol. The molecule has 0 aliphatic carbocycles. The van der Waals surface area contributed by atoms with Crippen molar-refractivity contribution in [2.24, 2.45) is 0 Å². The van der Waals surface area contributed by atoms with Gasteiger partial charge in [-0.25, -0.2) is 0 Å². The molecule has 0 fully saturated rings. The van der Waals surface area contributed by atoms with Crippen molar-refractivity contribution in [3.05, 3.63) is 28.1 Å². The lowest BCUT2D eigenvalue weighted by Gasteiger charge is -2.19. The van der Waals surface area contributed by atoms with Gasteiger partial charge in [0.2, 0.25) is 0 Å². The summed E-state index contributed by atoms with van der Waals surface area (Å²) >= 11 is 0. The minimum absolute atomic E-state index is 0.0999. The zero-order valence-electron chi connectivity index (χ0n) is 11.3. The summed E-state index contributed by atoms with van der Waals surface area (Å²) in [5.74, 6) is 2.04. The third-order valence-electron chi connectivity index (χ3n) is 2.58. The predicted molar refractivity (Wildman–Crippen MR) is 71.8 cm³/mol. The first-order valence-electron chi connectivity index (χ1n) is 5.95. The first kappa shape index (κ1) is 14.8. The Bertz CT molecular complexity index is 538. The highest BCUT2D eigenvalue weighted by Gasteiger charge is 2.23. The van der Waals surface area contributed by atoms with E-state index in [0.717, 1.165) is 6.42 Å². The number of amides is 1. The van der Waals surface area contributed by atoms with Crippen LogP contribution >= 0.6 is 0 Å². The van der Waals surface area contributed by atoms with Crippen LogP contribution < -0.4 is 5.32 Å². The van der Waals surface area contributed by atoms with E-state index in [-0.39, 0.29) is 11.4 Å². The number of nitro groups is 1. The fourth-order valence-corrected chi connectivity index (χ4v) is 1.60. The number of carbonyl (C=O) groups excluding carboxylic acids is 1. The van der Waals surface area contributed by atoms with Gasteiger partial charge in [-0.1, -0.05) is 12.8 Å². The second kappa shape index (κ2) is 5.57. The summed E-state index contributed by atoms with van der Waals surface area (Å²) in [7, 11) is 0. The lowest BCUT2D eigenvalue weighted by atomic mass is 10.1. The number of aryl methyl sites for hydroxylation is 1. The Morgan fingerprint density at radius 3 is 2.74 bits per heavy atom. The fourth-order valence-electron chi connectivity index (χ4n) is 1.60. The lowest BCUT2D eigenvalue weighted by Crippen LogP contribution is -2.42. The average molecular weight is 263 g/mol. The average Bonchev–Trinajstić information content (AvgIpc) is 2.73. The van der Waals surface area contributed by atoms with Gasteiger partial charge in [0.1, 0.15) is 5.69 Å². The maximum atomic E-state index is 12.1. The van der Waals surface area contributed by atoms with Gasteiger partial charge in [-0.3, -0.25) is 14.9 Å². The summed E-state index contributed by atoms with van der Waals surface area (Å²) in [6.45, 7) is 5.84. The highest BCUT2D eigenvalue weighted by molar-refractivity contribution is 5.94. The van der Waals surface area contributed by atoms with Crippen LogP contribution in [-0.4, -0.2) is 20.9 Å². The van der Waals surface area contributed by atoms with Crippen LogP contribution in [0.2, 0.25) is 0 Å². The molecule has 102 valence electrons. The van der Waals surface area contributed by atoms with E-state index < -0.39 is 16.4 Å². The van der Waals surface area contributed by atoms with Crippen LogP contribution in [-0.2, 0) is 6.54 Å². The Kier molecular flexibility index (Phi) is 4.33. The lowest BCUT2D eigenvalue weighted by molar-refractivity contribution is -0.384. The number of hydrogen-bond acceptors (Lipinski definition) is 3. The number of terminal acetylenes is 1. The summed E-state index contributed by atoms with van der Waals surface area (Å²) in [6.07, 6.45) is 7.43. The molecule has 1 amide bonds. The van der Waals surface area contributed by atoms with Crippen molar-refractivity contribution < 1.29 is 9.72 Å². The molecule has 1 heterocycles. The molecule has 1 aromatic heterocycles. The molecule has 0 aliphatic heterocycles. The minimum atomic E-state index is -0.798. The largest absolute Gasteiger partial charge is 0.337 e. The molecule has 6 nitrogen and oxygen atoms in total. The monoisotopic (exact) mass is 263 g/mol. The van der Waals surface area contributed by atoms with E-state index in [1.54, 1.807) is 18.4 Å². The SMILES string of the molecule is C#CC(C)(C)NC(=O)c1cc([N+](=O)[O-])cn1CCC. The molecule has 0 unspecified atom stereocenters. The van der Waals surface area contributed by atoms with Crippen LogP contribution in [0.3, 0.4) is 0 Å². The Hall–Kier alpha value is -2.29.